The molecule has 95 heavy (non-hydrogen) atoms. The highest BCUT2D eigenvalue weighted by atomic mass is 16.6. The van der Waals surface area contributed by atoms with Crippen molar-refractivity contribution in [3.63, 3.8) is 0 Å². The van der Waals surface area contributed by atoms with Crippen LogP contribution in [0.3, 0.4) is 0 Å². The Bertz CT molecular complexity index is 3530. The number of carbonyl (C=O) groups excluding carboxylic acids is 10. The van der Waals surface area contributed by atoms with Crippen LogP contribution in [0.1, 0.15) is 90.2 Å². The van der Waals surface area contributed by atoms with Gasteiger partial charge in [0.25, 0.3) is 11.4 Å². The van der Waals surface area contributed by atoms with Crippen LogP contribution < -0.4 is 75.4 Å². The highest BCUT2D eigenvalue weighted by Gasteiger charge is 2.40. The fourth-order valence-corrected chi connectivity index (χ4v) is 10.2. The number of unbranched alkanes of at least 4 members (excludes halogenated alkanes) is 1. The number of ether oxygens (including phenoxy) is 1. The molecule has 0 aliphatic carbocycles. The van der Waals surface area contributed by atoms with Crippen molar-refractivity contribution in [1.82, 2.24) is 47.4 Å². The van der Waals surface area contributed by atoms with E-state index in [1.807, 2.05) is 0 Å². The summed E-state index contributed by atoms with van der Waals surface area (Å²) in [5.41, 5.74) is 15.7. The molecular weight excluding hydrogens is 1240 g/mol. The molecule has 1 aliphatic heterocycles. The van der Waals surface area contributed by atoms with Crippen molar-refractivity contribution in [3.05, 3.63) is 115 Å². The Morgan fingerprint density at radius 1 is 0.716 bits per heavy atom. The van der Waals surface area contributed by atoms with E-state index < -0.39 is 147 Å². The number of carbonyl (C=O) groups is 10. The van der Waals surface area contributed by atoms with Crippen LogP contribution in [0.15, 0.2) is 87.0 Å². The van der Waals surface area contributed by atoms with Gasteiger partial charge in [-0.15, -0.1) is 0 Å². The van der Waals surface area contributed by atoms with Crippen LogP contribution in [0.5, 0.6) is 5.75 Å². The van der Waals surface area contributed by atoms with Gasteiger partial charge in [0, 0.05) is 49.6 Å². The Morgan fingerprint density at radius 2 is 1.37 bits per heavy atom. The first-order valence-electron chi connectivity index (χ1n) is 30.5. The minimum Gasteiger partial charge on any atom is -0.497 e. The molecule has 10 amide bonds. The highest BCUT2D eigenvalue weighted by molar-refractivity contribution is 5.98. The standard InChI is InChI=1S/C61H82N16O18/c1-33(2)25-45(73-58(87)46(32-78)74-57(86)44(26-36-13-7-6-8-14-36)70-51(80)31-67-54(83)34(3)68-50(79)27-37-28-52(81)95-49-30-39(94-5)19-20-40(37)49)60(89)75-24-12-17-47(75)59(88)69-35(4)55(84)72-43(56(85)71-42(53(62)82)16-11-23-66-61(63)64)15-9-10-22-65-41-21-18-38(76(90)91)29-48(41)77(92)93/h6-8,13-14,18-21,28-30,33-35,42-47,65,78H,9-12,15-17,22-27,31-32H2,1-5H3,(H2,62,82)(H,67,83)(H,68,79)(H,69,88)(H,70,80)(H,71,85)(H,72,84)(H,73,87)(H,74,86)(H4,63,64,66)/t34-,35-,42+,43-,44-,45-,46-,47-/m0/s1. The predicted octanol–water partition coefficient (Wildman–Crippen LogP) is -1.20. The molecule has 514 valence electrons. The van der Waals surface area contributed by atoms with Crippen molar-refractivity contribution in [2.24, 2.45) is 28.1 Å². The second-order valence-corrected chi connectivity index (χ2v) is 22.9. The minimum absolute atomic E-state index is 0.00764. The Morgan fingerprint density at radius 3 is 2.02 bits per heavy atom. The predicted molar refractivity (Wildman–Crippen MR) is 343 cm³/mol. The number of nitrogens with two attached hydrogens (primary N) is 3. The number of non-ortho nitro benzene ring substituents is 1. The van der Waals surface area contributed by atoms with Gasteiger partial charge in [0.15, 0.2) is 5.96 Å². The van der Waals surface area contributed by atoms with Crippen LogP contribution in [0.4, 0.5) is 17.1 Å². The van der Waals surface area contributed by atoms with Crippen LogP contribution in [0, 0.1) is 26.1 Å². The number of amides is 10. The molecule has 34 nitrogen and oxygen atoms in total. The molecule has 16 N–H and O–H groups in total. The van der Waals surface area contributed by atoms with Crippen molar-refractivity contribution in [1.29, 1.82) is 0 Å². The Hall–Kier alpha value is -10.8. The number of methoxy groups -OCH3 is 1. The molecule has 1 fully saturated rings. The molecule has 8 atom stereocenters. The lowest BCUT2D eigenvalue weighted by atomic mass is 10.0. The average molecular weight is 1330 g/mol. The molecular formula is C61H82N16O18. The van der Waals surface area contributed by atoms with Crippen LogP contribution in [0.2, 0.25) is 0 Å². The van der Waals surface area contributed by atoms with Crippen molar-refractivity contribution in [2.75, 3.05) is 45.2 Å². The number of benzene rings is 3. The molecule has 1 aromatic heterocycles. The molecule has 1 aliphatic rings. The number of aliphatic hydroxyl groups excluding tert-OH is 1. The van der Waals surface area contributed by atoms with Crippen molar-refractivity contribution in [3.8, 4) is 5.75 Å². The third kappa shape index (κ3) is 23.4. The van der Waals surface area contributed by atoms with Gasteiger partial charge in [-0.1, -0.05) is 44.2 Å². The number of hydrogen-bond acceptors (Lipinski definition) is 20. The topological polar surface area (TPSA) is 519 Å². The van der Waals surface area contributed by atoms with Gasteiger partial charge in [-0.25, -0.2) is 4.79 Å². The maximum atomic E-state index is 14.5. The van der Waals surface area contributed by atoms with Crippen LogP contribution >= 0.6 is 0 Å². The third-order valence-electron chi connectivity index (χ3n) is 15.1. The molecule has 5 rings (SSSR count). The number of fused-ring (bicyclic) bond motifs is 1. The van der Waals surface area contributed by atoms with E-state index in [2.05, 4.69) is 52.8 Å². The first-order valence-corrected chi connectivity index (χ1v) is 30.5. The first kappa shape index (κ1) is 74.9. The van der Waals surface area contributed by atoms with Gasteiger partial charge in [-0.3, -0.25) is 73.2 Å². The number of nitrogens with one attached hydrogen (secondary N) is 9. The van der Waals surface area contributed by atoms with E-state index in [9.17, 15) is 78.1 Å². The largest absolute Gasteiger partial charge is 0.497 e. The number of nitro groups is 2. The summed E-state index contributed by atoms with van der Waals surface area (Å²) in [5.74, 6) is -8.30. The zero-order valence-corrected chi connectivity index (χ0v) is 53.1. The maximum absolute atomic E-state index is 14.5. The molecule has 1 saturated heterocycles. The van der Waals surface area contributed by atoms with Gasteiger partial charge < -0.3 is 84.2 Å². The Balaban J connectivity index is 1.21. The van der Waals surface area contributed by atoms with E-state index in [1.165, 1.54) is 38.0 Å². The Kier molecular flexibility index (Phi) is 28.7. The summed E-state index contributed by atoms with van der Waals surface area (Å²) in [6, 6.07) is 6.68. The van der Waals surface area contributed by atoms with E-state index in [0.717, 1.165) is 18.2 Å². The minimum atomic E-state index is -1.70. The smallest absolute Gasteiger partial charge is 0.336 e. The summed E-state index contributed by atoms with van der Waals surface area (Å²) in [4.78, 5) is 175. The second kappa shape index (κ2) is 36.4. The molecule has 0 radical (unpaired) electrons. The van der Waals surface area contributed by atoms with Gasteiger partial charge in [-0.05, 0) is 100 Å². The van der Waals surface area contributed by atoms with E-state index in [0.29, 0.717) is 28.7 Å². The number of aliphatic hydroxyl groups is 1. The molecule has 3 aromatic carbocycles. The van der Waals surface area contributed by atoms with Crippen molar-refractivity contribution >= 4 is 93.1 Å². The van der Waals surface area contributed by atoms with Gasteiger partial charge >= 0.3 is 5.63 Å². The second-order valence-electron chi connectivity index (χ2n) is 22.9. The lowest BCUT2D eigenvalue weighted by molar-refractivity contribution is -0.393. The molecule has 2 heterocycles. The lowest BCUT2D eigenvalue weighted by Crippen LogP contribution is -2.60. The summed E-state index contributed by atoms with van der Waals surface area (Å²) in [5, 5.41) is 56.9. The number of guanidine groups is 1. The normalized spacial score (nSPS) is 14.8. The van der Waals surface area contributed by atoms with E-state index >= 15 is 0 Å². The van der Waals surface area contributed by atoms with Crippen LogP contribution in [-0.4, -0.2) is 173 Å². The monoisotopic (exact) mass is 1330 g/mol. The van der Waals surface area contributed by atoms with Gasteiger partial charge in [0.05, 0.1) is 42.6 Å². The number of aliphatic imine (C=N–C) groups is 1. The van der Waals surface area contributed by atoms with Gasteiger partial charge in [0.2, 0.25) is 59.1 Å². The number of likely N-dealkylation sites (tertiary alicyclic amines) is 1. The van der Waals surface area contributed by atoms with Gasteiger partial charge in [0.1, 0.15) is 65.4 Å². The molecule has 0 unspecified atom stereocenters. The van der Waals surface area contributed by atoms with Crippen LogP contribution in [-0.2, 0) is 60.8 Å². The third-order valence-corrected chi connectivity index (χ3v) is 15.1. The van der Waals surface area contributed by atoms with E-state index in [4.69, 9.17) is 26.4 Å². The molecule has 0 spiro atoms. The van der Waals surface area contributed by atoms with E-state index in [-0.39, 0.29) is 101 Å². The van der Waals surface area contributed by atoms with Crippen molar-refractivity contribution < 1.29 is 72.1 Å². The number of anilines is 1. The molecule has 4 aromatic rings. The summed E-state index contributed by atoms with van der Waals surface area (Å²) in [7, 11) is 1.44. The van der Waals surface area contributed by atoms with Crippen LogP contribution in [0.25, 0.3) is 11.0 Å². The zero-order chi connectivity index (χ0) is 70.1. The highest BCUT2D eigenvalue weighted by Crippen LogP contribution is 2.29. The first-order chi connectivity index (χ1) is 45.1. The molecule has 34 heteroatoms. The van der Waals surface area contributed by atoms with E-state index in [1.54, 1.807) is 56.3 Å². The molecule has 0 saturated carbocycles. The molecule has 0 bridgehead atoms. The number of nitrogens with zero attached hydrogens (tertiary/aromatic N) is 4. The lowest BCUT2D eigenvalue weighted by Gasteiger charge is -2.31. The number of hydrogen-bond donors (Lipinski definition) is 13. The fourth-order valence-electron chi connectivity index (χ4n) is 10.2. The van der Waals surface area contributed by atoms with Gasteiger partial charge in [-0.2, -0.15) is 0 Å². The summed E-state index contributed by atoms with van der Waals surface area (Å²) < 4.78 is 10.4. The van der Waals surface area contributed by atoms with Crippen molar-refractivity contribution in [2.45, 2.75) is 140 Å². The fraction of sp³-hybridized carbons (Fsp3) is 0.475. The number of primary amides is 1. The number of nitro benzene ring substituents is 2. The summed E-state index contributed by atoms with van der Waals surface area (Å²) in [6.45, 7) is 4.78. The SMILES string of the molecule is COc1ccc2c(CC(=O)N[C@@H](C)C(=O)NCC(=O)N[C@@H](Cc3ccccc3)C(=O)N[C@@H](CO)C(=O)N[C@@H](CC(C)C)C(=O)N3CCC[C@H]3C(=O)N[C@@H](C)C(=O)N[C@@H](CCCCNc3ccc([N+](=O)[O-])cc3[N+](=O)[O-])C(=O)N[C@H](CCCN=C(N)N)C(N)=O)cc(=O)oc2c1. The summed E-state index contributed by atoms with van der Waals surface area (Å²) in [6.07, 6.45) is 0.592. The Labute approximate surface area is 544 Å². The average Bonchev–Trinajstić information content (AvgIpc) is 1.60. The maximum Gasteiger partial charge on any atom is 0.336 e. The summed E-state index contributed by atoms with van der Waals surface area (Å²) >= 11 is 0. The quantitative estimate of drug-likeness (QED) is 0.00630. The number of rotatable bonds is 37. The zero-order valence-electron chi connectivity index (χ0n) is 53.1.